The van der Waals surface area contributed by atoms with Crippen molar-refractivity contribution in [3.63, 3.8) is 0 Å². The van der Waals surface area contributed by atoms with Crippen LogP contribution in [0.5, 0.6) is 0 Å². The molecule has 0 saturated carbocycles. The second kappa shape index (κ2) is 7.99. The van der Waals surface area contributed by atoms with Crippen LogP contribution >= 0.6 is 0 Å². The van der Waals surface area contributed by atoms with Crippen molar-refractivity contribution in [2.24, 2.45) is 0 Å². The summed E-state index contributed by atoms with van der Waals surface area (Å²) in [7, 11) is 0. The molecular weight excluding hydrogens is 421 g/mol. The van der Waals surface area contributed by atoms with Crippen molar-refractivity contribution < 1.29 is 18.8 Å². The molecule has 4 amide bonds. The molecule has 1 fully saturated rings. The fourth-order valence-corrected chi connectivity index (χ4v) is 4.64. The highest BCUT2D eigenvalue weighted by Gasteiger charge is 2.37. The average molecular weight is 448 g/mol. The topological polar surface area (TPSA) is 69.7 Å². The van der Waals surface area contributed by atoms with Crippen molar-refractivity contribution in [1.29, 1.82) is 0 Å². The molecule has 2 aromatic carbocycles. The van der Waals surface area contributed by atoms with E-state index < -0.39 is 23.7 Å². The molecule has 2 aromatic rings. The van der Waals surface area contributed by atoms with Gasteiger partial charge in [-0.3, -0.25) is 14.9 Å². The fraction of sp³-hybridized carbons (Fsp3) is 0.269. The van der Waals surface area contributed by atoms with E-state index in [1.54, 1.807) is 0 Å². The lowest BCUT2D eigenvalue weighted by Crippen LogP contribution is -2.54. The van der Waals surface area contributed by atoms with Crippen LogP contribution in [0, 0.1) is 12.7 Å². The number of carbonyl (C=O) groups excluding carboxylic acids is 3. The Balaban J connectivity index is 1.80. The number of likely N-dealkylation sites (N-methyl/N-ethyl adjacent to an activating group) is 1. The molecule has 0 unspecified atom stereocenters. The summed E-state index contributed by atoms with van der Waals surface area (Å²) in [6.07, 6.45) is 3.70. The standard InChI is InChI=1S/C26H26FN3O3/c1-6-29-22-10-15(2)17(11-20(22)16(3)14-26(29,4)5)12-21-23(31)28-25(33)30(24(21)32)19-9-7-8-18(27)13-19/h7-14H,6H2,1-5H3,(H,28,31,33)/b21-12-. The lowest BCUT2D eigenvalue weighted by Gasteiger charge is -2.43. The third-order valence-corrected chi connectivity index (χ3v) is 6.15. The van der Waals surface area contributed by atoms with Crippen LogP contribution < -0.4 is 15.1 Å². The van der Waals surface area contributed by atoms with Crippen LogP contribution in [0.2, 0.25) is 0 Å². The Labute approximate surface area is 192 Å². The Morgan fingerprint density at radius 1 is 1.09 bits per heavy atom. The number of aryl methyl sites for hydroxylation is 1. The molecule has 6 nitrogen and oxygen atoms in total. The van der Waals surface area contributed by atoms with Gasteiger partial charge >= 0.3 is 6.03 Å². The summed E-state index contributed by atoms with van der Waals surface area (Å²) in [5.41, 5.74) is 4.54. The fourth-order valence-electron chi connectivity index (χ4n) is 4.64. The van der Waals surface area contributed by atoms with Gasteiger partial charge in [-0.2, -0.15) is 0 Å². The Bertz CT molecular complexity index is 1260. The molecule has 0 bridgehead atoms. The number of benzene rings is 2. The van der Waals surface area contributed by atoms with Crippen LogP contribution in [0.4, 0.5) is 20.6 Å². The molecule has 0 aliphatic carbocycles. The van der Waals surface area contributed by atoms with Gasteiger partial charge in [0, 0.05) is 17.8 Å². The van der Waals surface area contributed by atoms with Gasteiger partial charge in [-0.05, 0) is 87.7 Å². The van der Waals surface area contributed by atoms with Crippen molar-refractivity contribution in [2.75, 3.05) is 16.3 Å². The highest BCUT2D eigenvalue weighted by atomic mass is 19.1. The molecule has 2 aliphatic rings. The minimum atomic E-state index is -0.908. The van der Waals surface area contributed by atoms with Gasteiger partial charge in [0.15, 0.2) is 0 Å². The van der Waals surface area contributed by atoms with Crippen molar-refractivity contribution >= 4 is 40.9 Å². The molecule has 0 aromatic heterocycles. The molecule has 1 N–H and O–H groups in total. The largest absolute Gasteiger partial charge is 0.363 e. The maximum Gasteiger partial charge on any atom is 0.335 e. The smallest absolute Gasteiger partial charge is 0.335 e. The summed E-state index contributed by atoms with van der Waals surface area (Å²) in [4.78, 5) is 41.2. The second-order valence-electron chi connectivity index (χ2n) is 8.89. The quantitative estimate of drug-likeness (QED) is 0.541. The van der Waals surface area contributed by atoms with E-state index in [2.05, 4.69) is 43.1 Å². The normalized spacial score (nSPS) is 18.9. The minimum absolute atomic E-state index is 0.0534. The molecule has 2 aliphatic heterocycles. The average Bonchev–Trinajstić information content (AvgIpc) is 2.71. The van der Waals surface area contributed by atoms with Crippen molar-refractivity contribution in [3.05, 3.63) is 70.6 Å². The molecule has 33 heavy (non-hydrogen) atoms. The number of amides is 4. The first-order valence-electron chi connectivity index (χ1n) is 10.8. The van der Waals surface area contributed by atoms with Crippen molar-refractivity contribution in [2.45, 2.75) is 40.2 Å². The molecule has 2 heterocycles. The summed E-state index contributed by atoms with van der Waals surface area (Å²) >= 11 is 0. The van der Waals surface area contributed by atoms with Crippen LogP contribution in [0.15, 0.2) is 48.0 Å². The van der Waals surface area contributed by atoms with Gasteiger partial charge in [-0.25, -0.2) is 14.1 Å². The van der Waals surface area contributed by atoms with Gasteiger partial charge in [0.05, 0.1) is 11.2 Å². The van der Waals surface area contributed by atoms with Gasteiger partial charge in [0.25, 0.3) is 11.8 Å². The third-order valence-electron chi connectivity index (χ3n) is 6.15. The zero-order chi connectivity index (χ0) is 24.1. The van der Waals surface area contributed by atoms with Gasteiger partial charge in [0.1, 0.15) is 11.4 Å². The number of nitrogens with one attached hydrogen (secondary N) is 1. The predicted octanol–water partition coefficient (Wildman–Crippen LogP) is 4.82. The van der Waals surface area contributed by atoms with Gasteiger partial charge < -0.3 is 4.90 Å². The van der Waals surface area contributed by atoms with Crippen LogP contribution in [0.3, 0.4) is 0 Å². The highest BCUT2D eigenvalue weighted by Crippen LogP contribution is 2.40. The first-order valence-corrected chi connectivity index (χ1v) is 10.8. The molecular formula is C26H26FN3O3. The van der Waals surface area contributed by atoms with Gasteiger partial charge in [-0.1, -0.05) is 12.1 Å². The van der Waals surface area contributed by atoms with E-state index in [4.69, 9.17) is 0 Å². The number of imide groups is 2. The maximum atomic E-state index is 13.7. The van der Waals surface area contributed by atoms with Crippen LogP contribution in [0.25, 0.3) is 11.6 Å². The summed E-state index contributed by atoms with van der Waals surface area (Å²) in [6, 6.07) is 8.24. The molecule has 0 radical (unpaired) electrons. The van der Waals surface area contributed by atoms with Crippen molar-refractivity contribution in [3.8, 4) is 0 Å². The van der Waals surface area contributed by atoms with Crippen LogP contribution in [-0.2, 0) is 9.59 Å². The minimum Gasteiger partial charge on any atom is -0.363 e. The zero-order valence-corrected chi connectivity index (χ0v) is 19.3. The number of urea groups is 1. The Kier molecular flexibility index (Phi) is 5.44. The van der Waals surface area contributed by atoms with E-state index in [1.165, 1.54) is 24.3 Å². The van der Waals surface area contributed by atoms with Crippen LogP contribution in [0.1, 0.15) is 44.4 Å². The lowest BCUT2D eigenvalue weighted by molar-refractivity contribution is -0.122. The number of allylic oxidation sites excluding steroid dienone is 1. The van der Waals surface area contributed by atoms with E-state index in [9.17, 15) is 18.8 Å². The number of fused-ring (bicyclic) bond motifs is 1. The number of anilines is 2. The van der Waals surface area contributed by atoms with E-state index >= 15 is 0 Å². The Hall–Kier alpha value is -3.74. The first kappa shape index (κ1) is 22.5. The predicted molar refractivity (Wildman–Crippen MR) is 127 cm³/mol. The summed E-state index contributed by atoms with van der Waals surface area (Å²) in [6.45, 7) is 11.2. The highest BCUT2D eigenvalue weighted by molar-refractivity contribution is 6.39. The Morgan fingerprint density at radius 3 is 2.48 bits per heavy atom. The molecule has 1 saturated heterocycles. The second-order valence-corrected chi connectivity index (χ2v) is 8.89. The zero-order valence-electron chi connectivity index (χ0n) is 19.3. The Morgan fingerprint density at radius 2 is 1.82 bits per heavy atom. The van der Waals surface area contributed by atoms with E-state index in [0.717, 1.165) is 39.9 Å². The molecule has 0 spiro atoms. The van der Waals surface area contributed by atoms with E-state index in [1.807, 2.05) is 19.9 Å². The summed E-state index contributed by atoms with van der Waals surface area (Å²) in [5.74, 6) is -2.17. The summed E-state index contributed by atoms with van der Waals surface area (Å²) in [5, 5.41) is 2.18. The van der Waals surface area contributed by atoms with Crippen molar-refractivity contribution in [1.82, 2.24) is 5.32 Å². The molecule has 4 rings (SSSR count). The number of nitrogens with zero attached hydrogens (tertiary/aromatic N) is 2. The van der Waals surface area contributed by atoms with Gasteiger partial charge in [-0.15, -0.1) is 0 Å². The first-order chi connectivity index (χ1) is 15.5. The number of carbonyl (C=O) groups is 3. The molecule has 170 valence electrons. The summed E-state index contributed by atoms with van der Waals surface area (Å²) < 4.78 is 13.7. The number of halogens is 1. The van der Waals surface area contributed by atoms with Gasteiger partial charge in [0.2, 0.25) is 0 Å². The number of barbiturate groups is 1. The molecule has 7 heteroatoms. The maximum absolute atomic E-state index is 13.7. The van der Waals surface area contributed by atoms with E-state index in [-0.39, 0.29) is 16.8 Å². The SMILES string of the molecule is CCN1c2cc(C)c(/C=C3/C(=O)NC(=O)N(c4cccc(F)c4)C3=O)cc2C(C)=CC1(C)C. The lowest BCUT2D eigenvalue weighted by atomic mass is 9.86. The molecule has 0 atom stereocenters. The third kappa shape index (κ3) is 3.84. The monoisotopic (exact) mass is 447 g/mol. The number of hydrogen-bond donors (Lipinski definition) is 1. The number of rotatable bonds is 3. The van der Waals surface area contributed by atoms with Crippen LogP contribution in [-0.4, -0.2) is 29.9 Å². The number of hydrogen-bond acceptors (Lipinski definition) is 4. The van der Waals surface area contributed by atoms with E-state index in [0.29, 0.717) is 5.56 Å².